The maximum atomic E-state index is 5.99. The first kappa shape index (κ1) is 16.3. The number of hydrogen-bond acceptors (Lipinski definition) is 3. The Morgan fingerprint density at radius 3 is 2.29 bits per heavy atom. The number of rotatable bonds is 7. The van der Waals surface area contributed by atoms with Gasteiger partial charge in [0.25, 0.3) is 0 Å². The summed E-state index contributed by atoms with van der Waals surface area (Å²) in [6.45, 7) is 1.66. The van der Waals surface area contributed by atoms with E-state index in [1.54, 1.807) is 0 Å². The second-order valence-electron chi connectivity index (χ2n) is 6.00. The maximum absolute atomic E-state index is 5.99. The third-order valence-electron chi connectivity index (χ3n) is 3.77. The van der Waals surface area contributed by atoms with Gasteiger partial charge < -0.3 is 9.64 Å². The predicted molar refractivity (Wildman–Crippen MR) is 97.7 cm³/mol. The predicted octanol–water partition coefficient (Wildman–Crippen LogP) is 3.87. The summed E-state index contributed by atoms with van der Waals surface area (Å²) in [4.78, 5) is 2.16. The highest BCUT2D eigenvalue weighted by Gasteiger charge is 2.13. The highest BCUT2D eigenvalue weighted by atomic mass is 16.5. The van der Waals surface area contributed by atoms with Crippen LogP contribution in [0.2, 0.25) is 0 Å². The summed E-state index contributed by atoms with van der Waals surface area (Å²) < 4.78 is 7.86. The largest absolute Gasteiger partial charge is 0.476 e. The van der Waals surface area contributed by atoms with Gasteiger partial charge in [-0.3, -0.25) is 0 Å². The highest BCUT2D eigenvalue weighted by Crippen LogP contribution is 2.30. The molecule has 0 fully saturated rings. The van der Waals surface area contributed by atoms with E-state index in [1.165, 1.54) is 0 Å². The Bertz CT molecular complexity index is 751. The zero-order valence-corrected chi connectivity index (χ0v) is 14.2. The minimum atomic E-state index is 0.657. The van der Waals surface area contributed by atoms with Crippen molar-refractivity contribution in [2.75, 3.05) is 27.2 Å². The van der Waals surface area contributed by atoms with Gasteiger partial charge in [0.05, 0.1) is 17.9 Å². The molecule has 24 heavy (non-hydrogen) atoms. The van der Waals surface area contributed by atoms with Crippen LogP contribution in [0, 0.1) is 0 Å². The first-order valence-electron chi connectivity index (χ1n) is 8.22. The highest BCUT2D eigenvalue weighted by molar-refractivity contribution is 5.68. The van der Waals surface area contributed by atoms with Crippen LogP contribution in [0.25, 0.3) is 16.8 Å². The minimum absolute atomic E-state index is 0.657. The Morgan fingerprint density at radius 1 is 0.958 bits per heavy atom. The molecule has 0 amide bonds. The van der Waals surface area contributed by atoms with Gasteiger partial charge in [0.1, 0.15) is 0 Å². The van der Waals surface area contributed by atoms with Crippen molar-refractivity contribution in [2.24, 2.45) is 0 Å². The van der Waals surface area contributed by atoms with Gasteiger partial charge in [-0.1, -0.05) is 48.5 Å². The lowest BCUT2D eigenvalue weighted by atomic mass is 10.1. The van der Waals surface area contributed by atoms with Gasteiger partial charge in [0.2, 0.25) is 5.88 Å². The van der Waals surface area contributed by atoms with Crippen LogP contribution in [0.3, 0.4) is 0 Å². The molecule has 0 atom stereocenters. The third kappa shape index (κ3) is 4.03. The molecule has 3 aromatic rings. The smallest absolute Gasteiger partial charge is 0.241 e. The molecule has 1 aromatic heterocycles. The Morgan fingerprint density at radius 2 is 1.62 bits per heavy atom. The van der Waals surface area contributed by atoms with E-state index in [9.17, 15) is 0 Å². The Labute approximate surface area is 143 Å². The fraction of sp³-hybridized carbons (Fsp3) is 0.250. The van der Waals surface area contributed by atoms with Crippen LogP contribution in [-0.4, -0.2) is 41.9 Å². The van der Waals surface area contributed by atoms with Crippen molar-refractivity contribution in [2.45, 2.75) is 6.42 Å². The summed E-state index contributed by atoms with van der Waals surface area (Å²) in [5.41, 5.74) is 3.16. The lowest BCUT2D eigenvalue weighted by molar-refractivity contribution is 0.273. The second-order valence-corrected chi connectivity index (χ2v) is 6.00. The maximum Gasteiger partial charge on any atom is 0.241 e. The molecule has 0 radical (unpaired) electrons. The van der Waals surface area contributed by atoms with Gasteiger partial charge in [-0.05, 0) is 38.2 Å². The van der Waals surface area contributed by atoms with Crippen LogP contribution in [0.5, 0.6) is 5.88 Å². The lowest BCUT2D eigenvalue weighted by Gasteiger charge is -2.10. The molecule has 0 spiro atoms. The average Bonchev–Trinajstić information content (AvgIpc) is 3.04. The first-order valence-corrected chi connectivity index (χ1v) is 8.22. The van der Waals surface area contributed by atoms with Crippen molar-refractivity contribution in [1.82, 2.24) is 14.7 Å². The SMILES string of the molecule is CN(C)CCCOc1nn(-c2ccccc2)cc1-c1ccccc1. The molecule has 4 nitrogen and oxygen atoms in total. The molecule has 0 bridgehead atoms. The number of aromatic nitrogens is 2. The molecule has 0 saturated heterocycles. The Hall–Kier alpha value is -2.59. The van der Waals surface area contributed by atoms with Crippen molar-refractivity contribution >= 4 is 0 Å². The summed E-state index contributed by atoms with van der Waals surface area (Å²) in [6, 6.07) is 20.4. The number of para-hydroxylation sites is 1. The topological polar surface area (TPSA) is 30.3 Å². The molecular formula is C20H23N3O. The van der Waals surface area contributed by atoms with E-state index in [0.29, 0.717) is 12.5 Å². The summed E-state index contributed by atoms with van der Waals surface area (Å²) in [7, 11) is 4.14. The molecule has 0 aliphatic heterocycles. The first-order chi connectivity index (χ1) is 11.7. The van der Waals surface area contributed by atoms with E-state index in [0.717, 1.165) is 29.8 Å². The van der Waals surface area contributed by atoms with Crippen LogP contribution in [0.15, 0.2) is 66.9 Å². The van der Waals surface area contributed by atoms with Crippen LogP contribution in [0.1, 0.15) is 6.42 Å². The molecule has 1 heterocycles. The normalized spacial score (nSPS) is 11.0. The van der Waals surface area contributed by atoms with Crippen LogP contribution in [-0.2, 0) is 0 Å². The lowest BCUT2D eigenvalue weighted by Crippen LogP contribution is -2.15. The van der Waals surface area contributed by atoms with Gasteiger partial charge in [0, 0.05) is 12.7 Å². The molecule has 2 aromatic carbocycles. The molecule has 4 heteroatoms. The van der Waals surface area contributed by atoms with E-state index < -0.39 is 0 Å². The molecule has 3 rings (SSSR count). The molecular weight excluding hydrogens is 298 g/mol. The van der Waals surface area contributed by atoms with Crippen molar-refractivity contribution < 1.29 is 4.74 Å². The average molecular weight is 321 g/mol. The van der Waals surface area contributed by atoms with Gasteiger partial charge in [-0.25, -0.2) is 4.68 Å². The summed E-state index contributed by atoms with van der Waals surface area (Å²) in [6.07, 6.45) is 3.01. The van der Waals surface area contributed by atoms with Gasteiger partial charge in [0.15, 0.2) is 0 Å². The fourth-order valence-electron chi connectivity index (χ4n) is 2.54. The van der Waals surface area contributed by atoms with E-state index in [4.69, 9.17) is 4.74 Å². The number of hydrogen-bond donors (Lipinski definition) is 0. The fourth-order valence-corrected chi connectivity index (χ4v) is 2.54. The minimum Gasteiger partial charge on any atom is -0.476 e. The van der Waals surface area contributed by atoms with Gasteiger partial charge in [-0.15, -0.1) is 5.10 Å². The van der Waals surface area contributed by atoms with E-state index in [1.807, 2.05) is 59.4 Å². The number of nitrogens with zero attached hydrogens (tertiary/aromatic N) is 3. The molecule has 0 aliphatic rings. The van der Waals surface area contributed by atoms with Crippen LogP contribution in [0.4, 0.5) is 0 Å². The monoisotopic (exact) mass is 321 g/mol. The number of benzene rings is 2. The molecule has 124 valence electrons. The number of ether oxygens (including phenoxy) is 1. The van der Waals surface area contributed by atoms with E-state index >= 15 is 0 Å². The zero-order chi connectivity index (χ0) is 16.8. The zero-order valence-electron chi connectivity index (χ0n) is 14.2. The summed E-state index contributed by atoms with van der Waals surface area (Å²) in [5, 5.41) is 4.65. The van der Waals surface area contributed by atoms with Crippen molar-refractivity contribution in [3.8, 4) is 22.7 Å². The molecule has 0 saturated carbocycles. The third-order valence-corrected chi connectivity index (χ3v) is 3.77. The Kier molecular flexibility index (Phi) is 5.29. The van der Waals surface area contributed by atoms with Crippen LogP contribution >= 0.6 is 0 Å². The molecule has 0 aliphatic carbocycles. The quantitative estimate of drug-likeness (QED) is 0.619. The molecule has 0 unspecified atom stereocenters. The van der Waals surface area contributed by atoms with Gasteiger partial charge >= 0.3 is 0 Å². The van der Waals surface area contributed by atoms with Crippen LogP contribution < -0.4 is 4.74 Å². The Balaban J connectivity index is 1.86. The van der Waals surface area contributed by atoms with Gasteiger partial charge in [-0.2, -0.15) is 0 Å². The molecule has 0 N–H and O–H groups in total. The standard InChI is InChI=1S/C20H23N3O/c1-22(2)14-9-15-24-20-19(17-10-5-3-6-11-17)16-23(21-20)18-12-7-4-8-13-18/h3-8,10-13,16H,9,14-15H2,1-2H3. The summed E-state index contributed by atoms with van der Waals surface area (Å²) in [5.74, 6) is 0.684. The summed E-state index contributed by atoms with van der Waals surface area (Å²) >= 11 is 0. The van der Waals surface area contributed by atoms with E-state index in [2.05, 4.69) is 36.2 Å². The van der Waals surface area contributed by atoms with E-state index in [-0.39, 0.29) is 0 Å². The second kappa shape index (κ2) is 7.79. The van der Waals surface area contributed by atoms with Crippen molar-refractivity contribution in [3.05, 3.63) is 66.9 Å². The van der Waals surface area contributed by atoms with Crippen molar-refractivity contribution in [1.29, 1.82) is 0 Å². The van der Waals surface area contributed by atoms with Crippen molar-refractivity contribution in [3.63, 3.8) is 0 Å².